The summed E-state index contributed by atoms with van der Waals surface area (Å²) in [4.78, 5) is 5.57. The number of pyridine rings is 1. The van der Waals surface area contributed by atoms with Crippen LogP contribution in [0.5, 0.6) is 0 Å². The minimum Gasteiger partial charge on any atom is -0.463 e. The van der Waals surface area contributed by atoms with Crippen molar-refractivity contribution in [1.82, 2.24) is 25.2 Å². The number of furan rings is 1. The molecule has 8 heteroatoms. The van der Waals surface area contributed by atoms with Crippen LogP contribution in [0.25, 0.3) is 0 Å². The number of aromatic nitrogens is 5. The maximum atomic E-state index is 5.63. The van der Waals surface area contributed by atoms with Crippen molar-refractivity contribution >= 4 is 0 Å². The van der Waals surface area contributed by atoms with Gasteiger partial charge in [0.2, 0.25) is 5.82 Å². The minimum absolute atomic E-state index is 0.0992. The molecular formula is C19H27N6O2+. The van der Waals surface area contributed by atoms with Crippen LogP contribution in [0, 0.1) is 5.92 Å². The molecule has 0 spiro atoms. The van der Waals surface area contributed by atoms with Crippen molar-refractivity contribution in [2.45, 2.75) is 39.5 Å². The summed E-state index contributed by atoms with van der Waals surface area (Å²) in [7, 11) is 1.68. The van der Waals surface area contributed by atoms with Crippen LogP contribution in [0.3, 0.4) is 0 Å². The van der Waals surface area contributed by atoms with E-state index in [1.165, 1.54) is 10.5 Å². The summed E-state index contributed by atoms with van der Waals surface area (Å²) in [5.41, 5.74) is 1.17. The van der Waals surface area contributed by atoms with Crippen LogP contribution in [0.4, 0.5) is 0 Å². The number of nitrogens with one attached hydrogen (secondary N) is 1. The molecule has 0 amide bonds. The van der Waals surface area contributed by atoms with Crippen molar-refractivity contribution in [3.8, 4) is 0 Å². The number of ether oxygens (including phenoxy) is 1. The molecule has 27 heavy (non-hydrogen) atoms. The first-order chi connectivity index (χ1) is 13.2. The molecule has 0 aromatic carbocycles. The highest BCUT2D eigenvalue weighted by Crippen LogP contribution is 2.17. The zero-order valence-electron chi connectivity index (χ0n) is 16.1. The topological polar surface area (TPSA) is 83.3 Å². The van der Waals surface area contributed by atoms with E-state index in [1.807, 2.05) is 29.1 Å². The number of nitrogens with zero attached hydrogens (tertiary/aromatic N) is 5. The molecule has 0 aliphatic heterocycles. The van der Waals surface area contributed by atoms with Gasteiger partial charge in [-0.05, 0) is 28.6 Å². The van der Waals surface area contributed by atoms with Gasteiger partial charge in [0, 0.05) is 31.0 Å². The molecule has 0 saturated heterocycles. The SMILES string of the molecule is COCCn1nnnc1[C@@H](C(C)C)[NH+](Cc1cccnc1)Cc1ccco1. The first-order valence-corrected chi connectivity index (χ1v) is 9.20. The van der Waals surface area contributed by atoms with Gasteiger partial charge in [-0.25, -0.2) is 4.68 Å². The Morgan fingerprint density at radius 2 is 2.11 bits per heavy atom. The fourth-order valence-electron chi connectivity index (χ4n) is 3.41. The van der Waals surface area contributed by atoms with Gasteiger partial charge in [0.25, 0.3) is 0 Å². The van der Waals surface area contributed by atoms with Crippen molar-refractivity contribution in [2.24, 2.45) is 5.92 Å². The number of quaternary nitrogens is 1. The Bertz CT molecular complexity index is 788. The van der Waals surface area contributed by atoms with Crippen LogP contribution in [-0.2, 0) is 24.4 Å². The van der Waals surface area contributed by atoms with E-state index in [2.05, 4.69) is 40.4 Å². The van der Waals surface area contributed by atoms with Gasteiger partial charge in [-0.2, -0.15) is 0 Å². The van der Waals surface area contributed by atoms with Gasteiger partial charge in [-0.15, -0.1) is 5.10 Å². The Morgan fingerprint density at radius 1 is 1.22 bits per heavy atom. The van der Waals surface area contributed by atoms with Gasteiger partial charge in [0.05, 0.1) is 19.4 Å². The fraction of sp³-hybridized carbons (Fsp3) is 0.474. The maximum Gasteiger partial charge on any atom is 0.209 e. The van der Waals surface area contributed by atoms with Gasteiger partial charge in [-0.3, -0.25) is 4.98 Å². The van der Waals surface area contributed by atoms with Crippen molar-refractivity contribution in [3.63, 3.8) is 0 Å². The molecule has 2 atom stereocenters. The highest BCUT2D eigenvalue weighted by molar-refractivity contribution is 5.07. The Morgan fingerprint density at radius 3 is 2.78 bits per heavy atom. The van der Waals surface area contributed by atoms with E-state index in [0.29, 0.717) is 19.1 Å². The summed E-state index contributed by atoms with van der Waals surface area (Å²) in [6.45, 7) is 7.13. The zero-order valence-corrected chi connectivity index (χ0v) is 16.1. The predicted molar refractivity (Wildman–Crippen MR) is 98.6 cm³/mol. The normalized spacial score (nSPS) is 13.8. The summed E-state index contributed by atoms with van der Waals surface area (Å²) in [5.74, 6) is 2.14. The van der Waals surface area contributed by atoms with E-state index in [9.17, 15) is 0 Å². The van der Waals surface area contributed by atoms with Crippen LogP contribution < -0.4 is 4.90 Å². The highest BCUT2D eigenvalue weighted by Gasteiger charge is 2.33. The zero-order chi connectivity index (χ0) is 19.1. The van der Waals surface area contributed by atoms with E-state index in [-0.39, 0.29) is 6.04 Å². The van der Waals surface area contributed by atoms with Crippen LogP contribution in [-0.4, -0.2) is 38.9 Å². The lowest BCUT2D eigenvalue weighted by atomic mass is 10.0. The van der Waals surface area contributed by atoms with E-state index in [4.69, 9.17) is 9.15 Å². The Hall–Kier alpha value is -2.58. The molecule has 0 aliphatic carbocycles. The lowest BCUT2D eigenvalue weighted by Crippen LogP contribution is -3.10. The van der Waals surface area contributed by atoms with Crippen molar-refractivity contribution < 1.29 is 14.1 Å². The monoisotopic (exact) mass is 371 g/mol. The molecule has 0 bridgehead atoms. The molecule has 8 nitrogen and oxygen atoms in total. The van der Waals surface area contributed by atoms with Crippen molar-refractivity contribution in [1.29, 1.82) is 0 Å². The highest BCUT2D eigenvalue weighted by atomic mass is 16.5. The van der Waals surface area contributed by atoms with Crippen LogP contribution in [0.2, 0.25) is 0 Å². The number of hydrogen-bond acceptors (Lipinski definition) is 6. The van der Waals surface area contributed by atoms with Crippen LogP contribution >= 0.6 is 0 Å². The van der Waals surface area contributed by atoms with Crippen molar-refractivity contribution in [2.75, 3.05) is 13.7 Å². The second kappa shape index (κ2) is 9.38. The molecule has 1 N–H and O–H groups in total. The van der Waals surface area contributed by atoms with Gasteiger partial charge in [-0.1, -0.05) is 19.9 Å². The summed E-state index contributed by atoms with van der Waals surface area (Å²) in [6.07, 6.45) is 5.42. The van der Waals surface area contributed by atoms with E-state index in [1.54, 1.807) is 19.6 Å². The second-order valence-corrected chi connectivity index (χ2v) is 6.93. The largest absolute Gasteiger partial charge is 0.463 e. The average molecular weight is 371 g/mol. The van der Waals surface area contributed by atoms with Crippen molar-refractivity contribution in [3.05, 3.63) is 60.1 Å². The Labute approximate surface area is 159 Å². The maximum absolute atomic E-state index is 5.63. The molecule has 144 valence electrons. The Balaban J connectivity index is 1.92. The first kappa shape index (κ1) is 19.2. The molecule has 3 rings (SSSR count). The third kappa shape index (κ3) is 4.99. The molecule has 0 fully saturated rings. The molecule has 3 aromatic heterocycles. The van der Waals surface area contributed by atoms with Gasteiger partial charge in [0.1, 0.15) is 13.1 Å². The number of rotatable bonds is 10. The summed E-state index contributed by atoms with van der Waals surface area (Å²) >= 11 is 0. The smallest absolute Gasteiger partial charge is 0.209 e. The fourth-order valence-corrected chi connectivity index (χ4v) is 3.41. The summed E-state index contributed by atoms with van der Waals surface area (Å²) in [6, 6.07) is 8.09. The molecular weight excluding hydrogens is 344 g/mol. The lowest BCUT2D eigenvalue weighted by Gasteiger charge is -2.30. The standard InChI is InChI=1S/C19H26N6O2/c1-15(2)18(19-21-22-23-25(19)9-11-26-3)24(14-17-7-5-10-27-17)13-16-6-4-8-20-12-16/h4-8,10,12,15,18H,9,11,13-14H2,1-3H3/p+1/t18-/m1/s1. The number of hydrogen-bond donors (Lipinski definition) is 1. The third-order valence-electron chi connectivity index (χ3n) is 4.59. The third-order valence-corrected chi connectivity index (χ3v) is 4.59. The van der Waals surface area contributed by atoms with Gasteiger partial charge < -0.3 is 14.1 Å². The molecule has 1 unspecified atom stereocenters. The molecule has 0 radical (unpaired) electrons. The second-order valence-electron chi connectivity index (χ2n) is 6.93. The summed E-state index contributed by atoms with van der Waals surface area (Å²) in [5, 5.41) is 12.5. The molecule has 3 heterocycles. The molecule has 3 aromatic rings. The van der Waals surface area contributed by atoms with Gasteiger partial charge >= 0.3 is 0 Å². The van der Waals surface area contributed by atoms with Gasteiger partial charge in [0.15, 0.2) is 11.8 Å². The molecule has 0 aliphatic rings. The average Bonchev–Trinajstić information content (AvgIpc) is 3.33. The predicted octanol–water partition coefficient (Wildman–Crippen LogP) is 1.29. The van der Waals surface area contributed by atoms with E-state index in [0.717, 1.165) is 24.7 Å². The van der Waals surface area contributed by atoms with E-state index >= 15 is 0 Å². The molecule has 0 saturated carbocycles. The minimum atomic E-state index is 0.0992. The number of tetrazole rings is 1. The number of methoxy groups -OCH3 is 1. The lowest BCUT2D eigenvalue weighted by molar-refractivity contribution is -0.963. The first-order valence-electron chi connectivity index (χ1n) is 9.20. The van der Waals surface area contributed by atoms with E-state index < -0.39 is 0 Å². The Kier molecular flexibility index (Phi) is 6.67. The van der Waals surface area contributed by atoms with Crippen LogP contribution in [0.15, 0.2) is 47.3 Å². The van der Waals surface area contributed by atoms with Crippen LogP contribution in [0.1, 0.15) is 37.0 Å². The quantitative estimate of drug-likeness (QED) is 0.578. The summed E-state index contributed by atoms with van der Waals surface area (Å²) < 4.78 is 12.7.